The number of carbonyl (C=O) groups is 1. The number of ether oxygens (including phenoxy) is 1. The smallest absolute Gasteiger partial charge is 0.410 e. The van der Waals surface area contributed by atoms with E-state index in [4.69, 9.17) is 16.7 Å². The minimum atomic E-state index is -0.484. The highest BCUT2D eigenvalue weighted by Crippen LogP contribution is 2.17. The number of likely N-dealkylation sites (tertiary alicyclic amines) is 1. The van der Waals surface area contributed by atoms with Gasteiger partial charge in [0.15, 0.2) is 0 Å². The van der Waals surface area contributed by atoms with Crippen LogP contribution in [-0.2, 0) is 4.74 Å². The van der Waals surface area contributed by atoms with Gasteiger partial charge in [-0.05, 0) is 57.9 Å². The van der Waals surface area contributed by atoms with Gasteiger partial charge < -0.3 is 9.64 Å². The zero-order valence-electron chi connectivity index (χ0n) is 13.1. The first-order valence-electron chi connectivity index (χ1n) is 6.73. The van der Waals surface area contributed by atoms with Crippen molar-refractivity contribution in [2.75, 3.05) is 13.1 Å². The zero-order chi connectivity index (χ0) is 16.3. The molecule has 114 valence electrons. The first-order chi connectivity index (χ1) is 9.84. The van der Waals surface area contributed by atoms with Gasteiger partial charge in [-0.3, -0.25) is 0 Å². The Kier molecular flexibility index (Phi) is 8.53. The van der Waals surface area contributed by atoms with Crippen LogP contribution in [0.1, 0.15) is 40.5 Å². The van der Waals surface area contributed by atoms with Crippen LogP contribution in [0.4, 0.5) is 4.79 Å². The Morgan fingerprint density at radius 3 is 2.62 bits per heavy atom. The lowest BCUT2D eigenvalue weighted by Crippen LogP contribution is -2.44. The van der Waals surface area contributed by atoms with E-state index in [0.717, 1.165) is 12.8 Å². The highest BCUT2D eigenvalue weighted by molar-refractivity contribution is 5.68. The van der Waals surface area contributed by atoms with E-state index >= 15 is 0 Å². The van der Waals surface area contributed by atoms with Crippen molar-refractivity contribution in [1.29, 1.82) is 0 Å². The molecule has 1 atom stereocenters. The van der Waals surface area contributed by atoms with Crippen LogP contribution in [0.2, 0.25) is 0 Å². The molecule has 1 fully saturated rings. The fourth-order valence-corrected chi connectivity index (χ4v) is 1.69. The van der Waals surface area contributed by atoms with Crippen molar-refractivity contribution >= 4 is 6.09 Å². The van der Waals surface area contributed by atoms with E-state index in [-0.39, 0.29) is 12.1 Å². The van der Waals surface area contributed by atoms with E-state index in [0.29, 0.717) is 13.1 Å². The lowest BCUT2D eigenvalue weighted by atomic mass is 10.1. The van der Waals surface area contributed by atoms with Crippen LogP contribution in [-0.4, -0.2) is 35.7 Å². The molecule has 6 nitrogen and oxygen atoms in total. The number of amides is 1. The summed E-state index contributed by atoms with van der Waals surface area (Å²) < 4.78 is 5.26. The van der Waals surface area contributed by atoms with Crippen molar-refractivity contribution in [2.24, 2.45) is 5.11 Å². The number of terminal acetylenes is 1. The fraction of sp³-hybridized carbons (Fsp3) is 0.667. The second-order valence-corrected chi connectivity index (χ2v) is 5.45. The number of piperidine rings is 1. The highest BCUT2D eigenvalue weighted by Gasteiger charge is 2.26. The van der Waals surface area contributed by atoms with Crippen LogP contribution in [0, 0.1) is 24.2 Å². The maximum atomic E-state index is 11.7. The van der Waals surface area contributed by atoms with Gasteiger partial charge in [0.05, 0.1) is 6.04 Å². The molecule has 6 heteroatoms. The van der Waals surface area contributed by atoms with Crippen LogP contribution in [0.15, 0.2) is 5.11 Å². The summed E-state index contributed by atoms with van der Waals surface area (Å²) in [7, 11) is 0. The molecule has 21 heavy (non-hydrogen) atoms. The first kappa shape index (κ1) is 18.7. The highest BCUT2D eigenvalue weighted by atomic mass is 16.6. The van der Waals surface area contributed by atoms with Crippen molar-refractivity contribution in [2.45, 2.75) is 52.2 Å². The Bertz CT molecular complexity index is 485. The van der Waals surface area contributed by atoms with Crippen molar-refractivity contribution < 1.29 is 9.53 Å². The summed E-state index contributed by atoms with van der Waals surface area (Å²) in [6.45, 7) is 8.34. The van der Waals surface area contributed by atoms with Crippen LogP contribution in [0.5, 0.6) is 0 Å². The molecule has 1 heterocycles. The Balaban J connectivity index is 0.000000690. The number of carbonyl (C=O) groups excluding carboxylic acids is 1. The van der Waals surface area contributed by atoms with E-state index in [1.807, 2.05) is 20.8 Å². The first-order valence-corrected chi connectivity index (χ1v) is 6.73. The zero-order valence-corrected chi connectivity index (χ0v) is 13.1. The van der Waals surface area contributed by atoms with E-state index in [1.165, 1.54) is 0 Å². The summed E-state index contributed by atoms with van der Waals surface area (Å²) in [5, 5.41) is 3.64. The van der Waals surface area contributed by atoms with Gasteiger partial charge in [-0.1, -0.05) is 11.0 Å². The van der Waals surface area contributed by atoms with Crippen molar-refractivity contribution in [3.63, 3.8) is 0 Å². The molecule has 0 aromatic rings. The molecular weight excluding hydrogens is 268 g/mol. The van der Waals surface area contributed by atoms with E-state index in [1.54, 1.807) is 11.8 Å². The number of nitrogens with zero attached hydrogens (tertiary/aromatic N) is 4. The predicted molar refractivity (Wildman–Crippen MR) is 82.3 cm³/mol. The average Bonchev–Trinajstić information content (AvgIpc) is 2.39. The summed E-state index contributed by atoms with van der Waals surface area (Å²) in [6, 6.07) is -0.119. The molecule has 1 rings (SSSR count). The Morgan fingerprint density at radius 1 is 1.52 bits per heavy atom. The summed E-state index contributed by atoms with van der Waals surface area (Å²) in [4.78, 5) is 16.1. The molecule has 1 aliphatic rings. The van der Waals surface area contributed by atoms with Gasteiger partial charge >= 0.3 is 6.09 Å². The van der Waals surface area contributed by atoms with Gasteiger partial charge in [-0.25, -0.2) is 4.79 Å². The third-order valence-electron chi connectivity index (χ3n) is 2.46. The maximum absolute atomic E-state index is 11.7. The summed E-state index contributed by atoms with van der Waals surface area (Å²) >= 11 is 0. The third-order valence-corrected chi connectivity index (χ3v) is 2.46. The molecule has 0 bridgehead atoms. The third kappa shape index (κ3) is 9.27. The molecule has 0 N–H and O–H groups in total. The molecule has 0 radical (unpaired) electrons. The van der Waals surface area contributed by atoms with E-state index < -0.39 is 5.60 Å². The van der Waals surface area contributed by atoms with Crippen LogP contribution >= 0.6 is 0 Å². The van der Waals surface area contributed by atoms with Crippen LogP contribution in [0.25, 0.3) is 10.4 Å². The van der Waals surface area contributed by atoms with Crippen molar-refractivity contribution in [1.82, 2.24) is 4.90 Å². The lowest BCUT2D eigenvalue weighted by molar-refractivity contribution is 0.0200. The largest absolute Gasteiger partial charge is 0.444 e. The van der Waals surface area contributed by atoms with E-state index in [9.17, 15) is 4.79 Å². The predicted octanol–water partition coefficient (Wildman–Crippen LogP) is 3.34. The molecule has 0 spiro atoms. The molecule has 1 unspecified atom stereocenters. The average molecular weight is 290 g/mol. The number of hydrogen-bond acceptors (Lipinski definition) is 3. The topological polar surface area (TPSA) is 78.3 Å². The minimum Gasteiger partial charge on any atom is -0.444 e. The SMILES string of the molecule is C#CC#CC.CC(C)(C)OC(=O)N1CCCC(N=[N+]=[N-])C1. The van der Waals surface area contributed by atoms with Gasteiger partial charge in [0, 0.05) is 18.0 Å². The molecule has 1 amide bonds. The Hall–Kier alpha value is -2.30. The molecule has 0 aromatic heterocycles. The van der Waals surface area contributed by atoms with Gasteiger partial charge in [0.25, 0.3) is 0 Å². The van der Waals surface area contributed by atoms with Gasteiger partial charge in [-0.2, -0.15) is 0 Å². The number of hydrogen-bond donors (Lipinski definition) is 0. The Morgan fingerprint density at radius 2 is 2.19 bits per heavy atom. The van der Waals surface area contributed by atoms with Crippen molar-refractivity contribution in [3.05, 3.63) is 10.4 Å². The van der Waals surface area contributed by atoms with E-state index in [2.05, 4.69) is 27.8 Å². The molecule has 1 saturated heterocycles. The van der Waals surface area contributed by atoms with Gasteiger partial charge in [0.1, 0.15) is 5.60 Å². The lowest BCUT2D eigenvalue weighted by Gasteiger charge is -2.32. The summed E-state index contributed by atoms with van der Waals surface area (Å²) in [5.74, 6) is 7.08. The standard InChI is InChI=1S/C10H18N4O2.C5H4/c1-10(2,3)16-9(15)14-6-4-5-8(7-14)12-13-11;1-3-5-4-2/h8H,4-7H2,1-3H3;1H,2H3. The monoisotopic (exact) mass is 290 g/mol. The van der Waals surface area contributed by atoms with Crippen LogP contribution < -0.4 is 0 Å². The second kappa shape index (κ2) is 9.58. The van der Waals surface area contributed by atoms with Crippen molar-refractivity contribution in [3.8, 4) is 24.2 Å². The minimum absolute atomic E-state index is 0.119. The summed E-state index contributed by atoms with van der Waals surface area (Å²) in [5.41, 5.74) is 7.87. The van der Waals surface area contributed by atoms with Gasteiger partial charge in [-0.15, -0.1) is 6.42 Å². The molecule has 0 saturated carbocycles. The quantitative estimate of drug-likeness (QED) is 0.321. The fourth-order valence-electron chi connectivity index (χ4n) is 1.69. The number of rotatable bonds is 1. The molecule has 0 aromatic carbocycles. The van der Waals surface area contributed by atoms with Gasteiger partial charge in [0.2, 0.25) is 0 Å². The summed E-state index contributed by atoms with van der Waals surface area (Å²) in [6.07, 6.45) is 6.07. The molecular formula is C15H22N4O2. The second-order valence-electron chi connectivity index (χ2n) is 5.45. The maximum Gasteiger partial charge on any atom is 0.410 e. The number of azide groups is 1. The normalized spacial score (nSPS) is 16.9. The molecule has 0 aliphatic carbocycles. The Labute approximate surface area is 126 Å². The van der Waals surface area contributed by atoms with Crippen LogP contribution in [0.3, 0.4) is 0 Å². The molecule has 1 aliphatic heterocycles.